The predicted octanol–water partition coefficient (Wildman–Crippen LogP) is 1.10. The van der Waals surface area contributed by atoms with Crippen LogP contribution in [-0.2, 0) is 4.79 Å². The highest BCUT2D eigenvalue weighted by Gasteiger charge is 2.21. The van der Waals surface area contributed by atoms with Crippen LogP contribution in [0.5, 0.6) is 0 Å². The Labute approximate surface area is 105 Å². The van der Waals surface area contributed by atoms with Crippen LogP contribution in [-0.4, -0.2) is 43.0 Å². The summed E-state index contributed by atoms with van der Waals surface area (Å²) in [6.45, 7) is 4.24. The highest BCUT2D eigenvalue weighted by molar-refractivity contribution is 5.79. The monoisotopic (exact) mass is 241 g/mol. The number of carbonyl (C=O) groups is 1. The summed E-state index contributed by atoms with van der Waals surface area (Å²) in [6.07, 6.45) is 7.53. The van der Waals surface area contributed by atoms with Crippen molar-refractivity contribution in [2.75, 3.05) is 20.1 Å². The van der Waals surface area contributed by atoms with Crippen LogP contribution >= 0.6 is 0 Å². The zero-order valence-electron chi connectivity index (χ0n) is 11.2. The number of nitrogens with one attached hydrogen (secondary N) is 1. The summed E-state index contributed by atoms with van der Waals surface area (Å²) < 4.78 is 0. The molecule has 4 nitrogen and oxygen atoms in total. The molecule has 0 aliphatic heterocycles. The summed E-state index contributed by atoms with van der Waals surface area (Å²) in [4.78, 5) is 13.7. The maximum Gasteiger partial charge on any atom is 0.234 e. The van der Waals surface area contributed by atoms with E-state index in [2.05, 4.69) is 17.1 Å². The molecule has 0 aromatic heterocycles. The Morgan fingerprint density at radius 1 is 1.41 bits per heavy atom. The number of likely N-dealkylation sites (N-methyl/N-ethyl adjacent to an activating group) is 1. The van der Waals surface area contributed by atoms with Crippen LogP contribution in [0.4, 0.5) is 0 Å². The van der Waals surface area contributed by atoms with Crippen LogP contribution in [0.1, 0.15) is 45.4 Å². The Hall–Kier alpha value is -0.610. The first kappa shape index (κ1) is 14.5. The van der Waals surface area contributed by atoms with Crippen LogP contribution in [0.25, 0.3) is 0 Å². The molecule has 3 N–H and O–H groups in total. The van der Waals surface area contributed by atoms with Crippen LogP contribution in [0.15, 0.2) is 0 Å². The van der Waals surface area contributed by atoms with Crippen molar-refractivity contribution in [3.63, 3.8) is 0 Å². The molecule has 1 amide bonds. The summed E-state index contributed by atoms with van der Waals surface area (Å²) >= 11 is 0. The molecular weight excluding hydrogens is 214 g/mol. The highest BCUT2D eigenvalue weighted by Crippen LogP contribution is 2.22. The summed E-state index contributed by atoms with van der Waals surface area (Å²) in [5, 5.41) is 2.98. The molecule has 1 rings (SSSR count). The Bertz CT molecular complexity index is 227. The van der Waals surface area contributed by atoms with Gasteiger partial charge in [-0.05, 0) is 32.9 Å². The minimum Gasteiger partial charge on any atom is -0.368 e. The van der Waals surface area contributed by atoms with E-state index < -0.39 is 0 Å². The fraction of sp³-hybridized carbons (Fsp3) is 0.923. The van der Waals surface area contributed by atoms with Crippen molar-refractivity contribution in [1.82, 2.24) is 10.2 Å². The van der Waals surface area contributed by atoms with Crippen molar-refractivity contribution in [3.8, 4) is 0 Å². The molecule has 100 valence electrons. The van der Waals surface area contributed by atoms with E-state index in [0.29, 0.717) is 0 Å². The number of rotatable bonds is 7. The second kappa shape index (κ2) is 7.67. The third-order valence-electron chi connectivity index (χ3n) is 3.89. The van der Waals surface area contributed by atoms with E-state index in [9.17, 15) is 4.79 Å². The lowest BCUT2D eigenvalue weighted by Crippen LogP contribution is -2.44. The van der Waals surface area contributed by atoms with E-state index >= 15 is 0 Å². The van der Waals surface area contributed by atoms with Gasteiger partial charge in [-0.3, -0.25) is 4.79 Å². The quantitative estimate of drug-likeness (QED) is 0.702. The van der Waals surface area contributed by atoms with Gasteiger partial charge in [0, 0.05) is 12.6 Å². The minimum absolute atomic E-state index is 0.187. The average Bonchev–Trinajstić information content (AvgIpc) is 2.35. The molecule has 1 unspecified atom stereocenters. The lowest BCUT2D eigenvalue weighted by molar-refractivity contribution is -0.120. The van der Waals surface area contributed by atoms with E-state index in [-0.39, 0.29) is 11.9 Å². The van der Waals surface area contributed by atoms with Gasteiger partial charge in [-0.1, -0.05) is 26.2 Å². The van der Waals surface area contributed by atoms with Gasteiger partial charge in [0.15, 0.2) is 0 Å². The second-order valence-electron chi connectivity index (χ2n) is 4.95. The lowest BCUT2D eigenvalue weighted by atomic mass is 9.94. The molecule has 0 radical (unpaired) electrons. The summed E-state index contributed by atoms with van der Waals surface area (Å²) in [5.74, 6) is -0.243. The molecule has 0 aromatic carbocycles. The largest absolute Gasteiger partial charge is 0.368 e. The third kappa shape index (κ3) is 4.64. The zero-order chi connectivity index (χ0) is 12.7. The average molecular weight is 241 g/mol. The van der Waals surface area contributed by atoms with Crippen LogP contribution in [0.3, 0.4) is 0 Å². The van der Waals surface area contributed by atoms with Gasteiger partial charge in [0.25, 0.3) is 0 Å². The van der Waals surface area contributed by atoms with E-state index in [4.69, 9.17) is 5.73 Å². The number of hydrogen-bond donors (Lipinski definition) is 2. The summed E-state index contributed by atoms with van der Waals surface area (Å²) in [7, 11) is 1.80. The Kier molecular flexibility index (Phi) is 6.52. The van der Waals surface area contributed by atoms with Gasteiger partial charge in [0.1, 0.15) is 0 Å². The molecule has 0 bridgehead atoms. The highest BCUT2D eigenvalue weighted by atomic mass is 16.1. The fourth-order valence-electron chi connectivity index (χ4n) is 2.77. The van der Waals surface area contributed by atoms with E-state index in [0.717, 1.165) is 25.6 Å². The van der Waals surface area contributed by atoms with E-state index in [1.165, 1.54) is 32.1 Å². The number of primary amides is 1. The van der Waals surface area contributed by atoms with Crippen molar-refractivity contribution in [2.24, 2.45) is 5.73 Å². The molecule has 17 heavy (non-hydrogen) atoms. The number of amides is 1. The first-order valence-electron chi connectivity index (χ1n) is 6.89. The van der Waals surface area contributed by atoms with Gasteiger partial charge < -0.3 is 16.0 Å². The smallest absolute Gasteiger partial charge is 0.234 e. The van der Waals surface area contributed by atoms with Gasteiger partial charge in [-0.25, -0.2) is 0 Å². The maximum atomic E-state index is 11.1. The molecule has 0 aromatic rings. The normalized spacial score (nSPS) is 19.5. The summed E-state index contributed by atoms with van der Waals surface area (Å²) in [6, 6.07) is 0.534. The molecule has 1 atom stereocenters. The zero-order valence-corrected chi connectivity index (χ0v) is 11.2. The van der Waals surface area contributed by atoms with Crippen LogP contribution < -0.4 is 11.1 Å². The number of nitrogens with zero attached hydrogens (tertiary/aromatic N) is 1. The maximum absolute atomic E-state index is 11.1. The van der Waals surface area contributed by atoms with Gasteiger partial charge >= 0.3 is 0 Å². The van der Waals surface area contributed by atoms with Gasteiger partial charge in [-0.2, -0.15) is 0 Å². The second-order valence-corrected chi connectivity index (χ2v) is 4.95. The SMILES string of the molecule is CCN(CCC(NC)C(N)=O)C1CCCCC1. The third-order valence-corrected chi connectivity index (χ3v) is 3.89. The van der Waals surface area contributed by atoms with Crippen LogP contribution in [0, 0.1) is 0 Å². The van der Waals surface area contributed by atoms with E-state index in [1.54, 1.807) is 7.05 Å². The van der Waals surface area contributed by atoms with Gasteiger partial charge in [-0.15, -0.1) is 0 Å². The van der Waals surface area contributed by atoms with Gasteiger partial charge in [0.05, 0.1) is 6.04 Å². The van der Waals surface area contributed by atoms with Crippen molar-refractivity contribution < 1.29 is 4.79 Å². The molecule has 0 heterocycles. The molecule has 4 heteroatoms. The minimum atomic E-state index is -0.243. The van der Waals surface area contributed by atoms with Crippen molar-refractivity contribution in [3.05, 3.63) is 0 Å². The molecule has 0 spiro atoms. The van der Waals surface area contributed by atoms with Crippen molar-refractivity contribution in [1.29, 1.82) is 0 Å². The summed E-state index contributed by atoms with van der Waals surface area (Å²) in [5.41, 5.74) is 5.33. The number of carbonyl (C=O) groups excluding carboxylic acids is 1. The molecule has 1 fully saturated rings. The van der Waals surface area contributed by atoms with Gasteiger partial charge in [0.2, 0.25) is 5.91 Å². The van der Waals surface area contributed by atoms with E-state index in [1.807, 2.05) is 0 Å². The van der Waals surface area contributed by atoms with Crippen molar-refractivity contribution in [2.45, 2.75) is 57.5 Å². The molecule has 1 aliphatic carbocycles. The van der Waals surface area contributed by atoms with Crippen molar-refractivity contribution >= 4 is 5.91 Å². The lowest BCUT2D eigenvalue weighted by Gasteiger charge is -2.34. The standard InChI is InChI=1S/C13H27N3O/c1-3-16(11-7-5-4-6-8-11)10-9-12(15-2)13(14)17/h11-12,15H,3-10H2,1-2H3,(H2,14,17). The number of hydrogen-bond acceptors (Lipinski definition) is 3. The fourth-order valence-corrected chi connectivity index (χ4v) is 2.77. The Balaban J connectivity index is 2.37. The first-order valence-corrected chi connectivity index (χ1v) is 6.89. The first-order chi connectivity index (χ1) is 8.19. The topological polar surface area (TPSA) is 58.4 Å². The Morgan fingerprint density at radius 2 is 2.06 bits per heavy atom. The molecule has 1 aliphatic rings. The number of nitrogens with two attached hydrogens (primary N) is 1. The molecule has 0 saturated heterocycles. The Morgan fingerprint density at radius 3 is 2.53 bits per heavy atom. The predicted molar refractivity (Wildman–Crippen MR) is 70.8 cm³/mol. The molecular formula is C13H27N3O. The van der Waals surface area contributed by atoms with Crippen LogP contribution in [0.2, 0.25) is 0 Å². The molecule has 1 saturated carbocycles.